The van der Waals surface area contributed by atoms with Crippen LogP contribution in [0.3, 0.4) is 0 Å². The molecule has 0 aromatic heterocycles. The predicted octanol–water partition coefficient (Wildman–Crippen LogP) is -3.83. The molecule has 46 valence electrons. The zero-order valence-electron chi connectivity index (χ0n) is 4.47. The van der Waals surface area contributed by atoms with E-state index >= 15 is 0 Å². The minimum Gasteiger partial charge on any atom is -1.00 e. The smallest absolute Gasteiger partial charge is 1.00 e. The second kappa shape index (κ2) is 15.7. The van der Waals surface area contributed by atoms with Gasteiger partial charge in [-0.2, -0.15) is 0 Å². The molecule has 0 amide bonds. The Bertz CT molecular complexity index is 65.7. The van der Waals surface area contributed by atoms with Crippen molar-refractivity contribution < 1.29 is 67.6 Å². The van der Waals surface area contributed by atoms with Crippen molar-refractivity contribution in [3.63, 3.8) is 0 Å². The third-order valence-electron chi connectivity index (χ3n) is 0. The predicted molar refractivity (Wildman–Crippen MR) is 22.8 cm³/mol. The van der Waals surface area contributed by atoms with Crippen molar-refractivity contribution >= 4 is 20.8 Å². The van der Waals surface area contributed by atoms with E-state index in [4.69, 9.17) is 8.76 Å². The summed E-state index contributed by atoms with van der Waals surface area (Å²) in [6.07, 6.45) is 0. The van der Waals surface area contributed by atoms with E-state index in [-0.39, 0.29) is 58.8 Å². The fourth-order valence-corrected chi connectivity index (χ4v) is 0. The first-order valence-electron chi connectivity index (χ1n) is 0.516. The van der Waals surface area contributed by atoms with Gasteiger partial charge in [-0.05, 0) is 0 Å². The summed E-state index contributed by atoms with van der Waals surface area (Å²) in [4.78, 5) is 0. The van der Waals surface area contributed by atoms with E-state index in [1.165, 1.54) is 0 Å². The molecule has 7 heteroatoms. The van der Waals surface area contributed by atoms with E-state index in [9.17, 15) is 0 Å². The first-order chi connectivity index (χ1) is 1.73. The molecule has 0 rings (SSSR count). The number of hydrogen-bond donors (Lipinski definition) is 1. The van der Waals surface area contributed by atoms with Crippen LogP contribution >= 0.6 is 0 Å². The second-order valence-electron chi connectivity index (χ2n) is 0.217. The molecule has 0 aliphatic carbocycles. The van der Waals surface area contributed by atoms with Gasteiger partial charge in [0.1, 0.15) is 0 Å². The van der Waals surface area contributed by atoms with Gasteiger partial charge in [-0.25, -0.2) is 11.2 Å². The van der Waals surface area contributed by atoms with Gasteiger partial charge in [0.15, 0.2) is 0 Å². The Labute approximate surface area is 87.4 Å². The van der Waals surface area contributed by atoms with Gasteiger partial charge >= 0.3 is 51.9 Å². The number of rotatable bonds is 0. The number of hydrogen-bond acceptors (Lipinski definition) is 3. The molecule has 0 spiro atoms. The molecule has 0 radical (unpaired) electrons. The Morgan fingerprint density at radius 2 is 1.71 bits per heavy atom. The second-order valence-corrected chi connectivity index (χ2v) is 1.51. The van der Waals surface area contributed by atoms with Crippen molar-refractivity contribution in [1.82, 2.24) is 0 Å². The van der Waals surface area contributed by atoms with Gasteiger partial charge in [0, 0.05) is 0 Å². The third-order valence-corrected chi connectivity index (χ3v) is 0. The molecule has 0 saturated heterocycles. The van der Waals surface area contributed by atoms with Crippen molar-refractivity contribution in [3.05, 3.63) is 0 Å². The molecule has 0 aromatic carbocycles. The van der Waals surface area contributed by atoms with Gasteiger partial charge in [0.05, 0.1) is 0 Å². The average molecular weight is 336 g/mol. The van der Waals surface area contributed by atoms with E-state index in [0.717, 1.165) is 0 Å². The largest absolute Gasteiger partial charge is 1.00 e. The van der Waals surface area contributed by atoms with Gasteiger partial charge in [-0.1, -0.05) is 9.64 Å². The third kappa shape index (κ3) is 70.8. The summed E-state index contributed by atoms with van der Waals surface area (Å²) in [5, 5.41) is 0. The normalized spacial score (nSPS) is 4.86. The van der Waals surface area contributed by atoms with Crippen LogP contribution in [0.1, 0.15) is 1.43 Å². The fraction of sp³-hybridized carbons (Fsp3) is 0. The molecule has 7 heavy (non-hydrogen) atoms. The quantitative estimate of drug-likeness (QED) is 0.280. The molecule has 0 aliphatic heterocycles. The molecule has 0 saturated carbocycles. The first-order valence-corrected chi connectivity index (χ1v) is 2.55. The Hall–Kier alpha value is 2.03. The monoisotopic (exact) mass is 336 g/mol. The fourth-order valence-electron chi connectivity index (χ4n) is 0. The molecule has 0 fully saturated rings. The summed E-state index contributed by atoms with van der Waals surface area (Å²) in [7, 11) is -2.03. The van der Waals surface area contributed by atoms with Crippen LogP contribution < -0.4 is 29.6 Å². The van der Waals surface area contributed by atoms with Gasteiger partial charge in [0.25, 0.3) is 0 Å². The average Bonchev–Trinajstić information content (AvgIpc) is 0.811. The molecule has 0 aromatic rings. The van der Waals surface area contributed by atoms with Crippen LogP contribution in [-0.4, -0.2) is 10.0 Å². The van der Waals surface area contributed by atoms with Crippen LogP contribution in [-0.2, 0) is 47.4 Å². The Kier molecular flexibility index (Phi) is 51.6. The van der Waals surface area contributed by atoms with E-state index in [2.05, 4.69) is 11.2 Å². The van der Waals surface area contributed by atoms with Gasteiger partial charge in [-0.15, -0.1) is 0 Å². The standard InChI is InChI=1S/Au.Na.HO2S2.H2O.H/c;;1-4(2)3;;/h;;(H,1,2,3);1H2;/q2*+1;-1;;-1. The summed E-state index contributed by atoms with van der Waals surface area (Å²) in [5.74, 6) is 0. The van der Waals surface area contributed by atoms with Crippen molar-refractivity contribution in [2.75, 3.05) is 0 Å². The maximum Gasteiger partial charge on any atom is 1.00 e. The zero-order chi connectivity index (χ0) is 3.58. The summed E-state index contributed by atoms with van der Waals surface area (Å²) in [6.45, 7) is 0. The topological polar surface area (TPSA) is 68.8 Å². The maximum absolute atomic E-state index is 8.93. The van der Waals surface area contributed by atoms with Gasteiger partial charge in [0.2, 0.25) is 0 Å². The first kappa shape index (κ1) is 23.0. The van der Waals surface area contributed by atoms with Gasteiger partial charge < -0.3 is 15.7 Å². The Morgan fingerprint density at radius 3 is 1.71 bits per heavy atom. The van der Waals surface area contributed by atoms with Crippen LogP contribution in [0, 0.1) is 0 Å². The van der Waals surface area contributed by atoms with Crippen molar-refractivity contribution in [2.45, 2.75) is 0 Å². The van der Waals surface area contributed by atoms with Crippen LogP contribution in [0.4, 0.5) is 0 Å². The van der Waals surface area contributed by atoms with E-state index < -0.39 is 9.64 Å². The van der Waals surface area contributed by atoms with E-state index in [1.54, 1.807) is 0 Å². The van der Waals surface area contributed by atoms with E-state index in [0.29, 0.717) is 0 Å². The minimum atomic E-state index is -2.03. The van der Waals surface area contributed by atoms with Crippen LogP contribution in [0.25, 0.3) is 0 Å². The molecule has 0 aliphatic rings. The molecule has 0 atom stereocenters. The van der Waals surface area contributed by atoms with Crippen LogP contribution in [0.5, 0.6) is 0 Å². The molecular formula is H4AuNaO3S2. The van der Waals surface area contributed by atoms with Crippen molar-refractivity contribution in [2.24, 2.45) is 0 Å². The molecule has 0 bridgehead atoms. The van der Waals surface area contributed by atoms with Gasteiger partial charge in [-0.3, -0.25) is 0 Å². The Morgan fingerprint density at radius 1 is 1.71 bits per heavy atom. The maximum atomic E-state index is 8.93. The molecular weight excluding hydrogens is 332 g/mol. The zero-order valence-corrected chi connectivity index (χ0v) is 9.27. The summed E-state index contributed by atoms with van der Waals surface area (Å²) in [6, 6.07) is 0. The van der Waals surface area contributed by atoms with Crippen molar-refractivity contribution in [1.29, 1.82) is 0 Å². The summed E-state index contributed by atoms with van der Waals surface area (Å²) < 4.78 is 16.3. The molecule has 0 unspecified atom stereocenters. The van der Waals surface area contributed by atoms with E-state index in [1.807, 2.05) is 0 Å². The summed E-state index contributed by atoms with van der Waals surface area (Å²) in [5.41, 5.74) is 0. The van der Waals surface area contributed by atoms with Crippen molar-refractivity contribution in [3.8, 4) is 0 Å². The molecule has 3 N–H and O–H groups in total. The molecule has 0 heterocycles. The Balaban J connectivity index is -0.00000000750. The van der Waals surface area contributed by atoms with Crippen LogP contribution in [0.2, 0.25) is 0 Å². The summed E-state index contributed by atoms with van der Waals surface area (Å²) >= 11 is 3.65. The van der Waals surface area contributed by atoms with Crippen LogP contribution in [0.15, 0.2) is 0 Å². The molecule has 3 nitrogen and oxygen atoms in total. The minimum absolute atomic E-state index is 0. The SMILES string of the molecule is O.O=[S-](O)=S.[Au+].[H-].[Na+].